The standard InChI is InChI=1S/C15H20N4O5/c1-3-9(4-2)7-24-11-5-10(20)13(14-17-8-18-19(11)14)15(23)16-6-12(21)22/h5,8-9H,3-4,6-7H2,1-2H3,(H,16,23)(H,17,18)(H,21,22). The number of aromatic nitrogens is 3. The zero-order valence-corrected chi connectivity index (χ0v) is 13.5. The topological polar surface area (TPSA) is 126 Å². The predicted molar refractivity (Wildman–Crippen MR) is 85.3 cm³/mol. The lowest BCUT2D eigenvalue weighted by molar-refractivity contribution is -0.135. The number of rotatable bonds is 8. The molecule has 1 amide bonds. The number of carbonyl (C=O) groups is 2. The first-order valence-corrected chi connectivity index (χ1v) is 7.69. The molecule has 0 aromatic carbocycles. The number of nitrogens with one attached hydrogen (secondary N) is 2. The highest BCUT2D eigenvalue weighted by atomic mass is 16.5. The number of amides is 1. The number of H-pyrrole nitrogens is 1. The van der Waals surface area contributed by atoms with E-state index in [9.17, 15) is 14.4 Å². The first kappa shape index (κ1) is 17.5. The van der Waals surface area contributed by atoms with Crippen LogP contribution in [0.5, 0.6) is 5.88 Å². The maximum absolute atomic E-state index is 12.3. The van der Waals surface area contributed by atoms with Gasteiger partial charge in [-0.25, -0.2) is 9.50 Å². The predicted octanol–water partition coefficient (Wildman–Crippen LogP) is 0.652. The summed E-state index contributed by atoms with van der Waals surface area (Å²) < 4.78 is 7.09. The Bertz CT molecular complexity index is 791. The van der Waals surface area contributed by atoms with Crippen LogP contribution < -0.4 is 15.5 Å². The van der Waals surface area contributed by atoms with E-state index in [0.717, 1.165) is 12.8 Å². The van der Waals surface area contributed by atoms with Crippen molar-refractivity contribution >= 4 is 17.5 Å². The lowest BCUT2D eigenvalue weighted by atomic mass is 10.1. The minimum Gasteiger partial charge on any atom is -0.480 e. The molecule has 2 aromatic rings. The molecule has 0 aliphatic carbocycles. The summed E-state index contributed by atoms with van der Waals surface area (Å²) in [5.41, 5.74) is -0.721. The largest absolute Gasteiger partial charge is 0.480 e. The number of pyridine rings is 1. The average molecular weight is 336 g/mol. The number of fused-ring (bicyclic) bond motifs is 1. The van der Waals surface area contributed by atoms with Crippen molar-refractivity contribution in [2.75, 3.05) is 13.2 Å². The van der Waals surface area contributed by atoms with Crippen molar-refractivity contribution in [1.82, 2.24) is 19.9 Å². The molecule has 0 saturated heterocycles. The molecule has 9 nitrogen and oxygen atoms in total. The van der Waals surface area contributed by atoms with E-state index in [1.807, 2.05) is 0 Å². The molecule has 2 rings (SSSR count). The maximum atomic E-state index is 12.3. The number of hydrogen-bond donors (Lipinski definition) is 3. The molecule has 9 heteroatoms. The highest BCUT2D eigenvalue weighted by Gasteiger charge is 2.20. The molecular weight excluding hydrogens is 316 g/mol. The van der Waals surface area contributed by atoms with Gasteiger partial charge in [0, 0.05) is 6.07 Å². The van der Waals surface area contributed by atoms with E-state index in [2.05, 4.69) is 29.2 Å². The number of carboxylic acid groups (broad SMARTS) is 1. The zero-order chi connectivity index (χ0) is 17.7. The van der Waals surface area contributed by atoms with Gasteiger partial charge in [-0.1, -0.05) is 26.7 Å². The third-order valence-electron chi connectivity index (χ3n) is 3.78. The quantitative estimate of drug-likeness (QED) is 0.650. The summed E-state index contributed by atoms with van der Waals surface area (Å²) in [6.45, 7) is 3.98. The zero-order valence-electron chi connectivity index (χ0n) is 13.5. The number of carbonyl (C=O) groups excluding carboxylic acids is 1. The molecule has 0 spiro atoms. The van der Waals surface area contributed by atoms with E-state index in [0.29, 0.717) is 12.5 Å². The van der Waals surface area contributed by atoms with Crippen LogP contribution >= 0.6 is 0 Å². The summed E-state index contributed by atoms with van der Waals surface area (Å²) in [7, 11) is 0. The summed E-state index contributed by atoms with van der Waals surface area (Å²) in [5, 5.41) is 13.6. The van der Waals surface area contributed by atoms with Gasteiger partial charge in [-0.15, -0.1) is 0 Å². The number of aliphatic carboxylic acids is 1. The lowest BCUT2D eigenvalue weighted by Crippen LogP contribution is -2.33. The molecule has 0 bridgehead atoms. The lowest BCUT2D eigenvalue weighted by Gasteiger charge is -2.14. The molecule has 0 unspecified atom stereocenters. The molecule has 0 aliphatic rings. The Hall–Kier alpha value is -2.84. The monoisotopic (exact) mass is 336 g/mol. The Morgan fingerprint density at radius 2 is 2.12 bits per heavy atom. The van der Waals surface area contributed by atoms with Gasteiger partial charge in [-0.3, -0.25) is 19.5 Å². The third kappa shape index (κ3) is 3.73. The van der Waals surface area contributed by atoms with E-state index in [-0.39, 0.29) is 17.1 Å². The van der Waals surface area contributed by atoms with Crippen molar-refractivity contribution in [2.24, 2.45) is 5.92 Å². The fraction of sp³-hybridized carbons (Fsp3) is 0.467. The highest BCUT2D eigenvalue weighted by Crippen LogP contribution is 2.15. The van der Waals surface area contributed by atoms with E-state index in [1.54, 1.807) is 0 Å². The Morgan fingerprint density at radius 1 is 1.42 bits per heavy atom. The van der Waals surface area contributed by atoms with E-state index < -0.39 is 23.9 Å². The summed E-state index contributed by atoms with van der Waals surface area (Å²) in [6.07, 6.45) is 3.23. The van der Waals surface area contributed by atoms with Crippen molar-refractivity contribution in [2.45, 2.75) is 26.7 Å². The molecule has 0 radical (unpaired) electrons. The molecule has 0 aliphatic heterocycles. The molecule has 0 saturated carbocycles. The summed E-state index contributed by atoms with van der Waals surface area (Å²) in [5.74, 6) is -1.38. The Balaban J connectivity index is 2.33. The molecule has 3 N–H and O–H groups in total. The second-order valence-corrected chi connectivity index (χ2v) is 5.34. The summed E-state index contributed by atoms with van der Waals surface area (Å²) >= 11 is 0. The van der Waals surface area contributed by atoms with Gasteiger partial charge in [-0.05, 0) is 5.92 Å². The first-order valence-electron chi connectivity index (χ1n) is 7.69. The fourth-order valence-corrected chi connectivity index (χ4v) is 2.26. The molecule has 24 heavy (non-hydrogen) atoms. The van der Waals surface area contributed by atoms with Crippen LogP contribution in [-0.4, -0.2) is 44.7 Å². The second-order valence-electron chi connectivity index (χ2n) is 5.34. The van der Waals surface area contributed by atoms with Crippen molar-refractivity contribution in [3.05, 3.63) is 28.2 Å². The van der Waals surface area contributed by atoms with Gasteiger partial charge in [0.2, 0.25) is 11.3 Å². The van der Waals surface area contributed by atoms with Crippen LogP contribution in [0.25, 0.3) is 5.65 Å². The minimum absolute atomic E-state index is 0.0879. The normalized spacial score (nSPS) is 11.0. The van der Waals surface area contributed by atoms with Crippen LogP contribution in [-0.2, 0) is 4.79 Å². The number of nitrogens with zero attached hydrogens (tertiary/aromatic N) is 2. The van der Waals surface area contributed by atoms with Gasteiger partial charge in [-0.2, -0.15) is 0 Å². The maximum Gasteiger partial charge on any atom is 0.322 e. The number of aromatic amines is 1. The number of ether oxygens (including phenoxy) is 1. The van der Waals surface area contributed by atoms with Crippen LogP contribution in [0.4, 0.5) is 0 Å². The smallest absolute Gasteiger partial charge is 0.322 e. The van der Waals surface area contributed by atoms with Crippen LogP contribution in [0.3, 0.4) is 0 Å². The average Bonchev–Trinajstić information content (AvgIpc) is 3.02. The molecule has 2 heterocycles. The van der Waals surface area contributed by atoms with Gasteiger partial charge < -0.3 is 15.2 Å². The van der Waals surface area contributed by atoms with Crippen LogP contribution in [0.2, 0.25) is 0 Å². The third-order valence-corrected chi connectivity index (χ3v) is 3.78. The van der Waals surface area contributed by atoms with E-state index in [1.165, 1.54) is 16.9 Å². The van der Waals surface area contributed by atoms with Crippen molar-refractivity contribution in [3.8, 4) is 5.88 Å². The van der Waals surface area contributed by atoms with Gasteiger partial charge in [0.1, 0.15) is 18.4 Å². The first-order chi connectivity index (χ1) is 11.5. The Morgan fingerprint density at radius 3 is 2.75 bits per heavy atom. The van der Waals surface area contributed by atoms with Gasteiger partial charge in [0.15, 0.2) is 5.65 Å². The van der Waals surface area contributed by atoms with Crippen LogP contribution in [0.15, 0.2) is 17.2 Å². The van der Waals surface area contributed by atoms with E-state index >= 15 is 0 Å². The van der Waals surface area contributed by atoms with E-state index in [4.69, 9.17) is 9.84 Å². The van der Waals surface area contributed by atoms with Crippen molar-refractivity contribution in [1.29, 1.82) is 0 Å². The van der Waals surface area contributed by atoms with Crippen LogP contribution in [0, 0.1) is 5.92 Å². The van der Waals surface area contributed by atoms with Crippen molar-refractivity contribution < 1.29 is 19.4 Å². The minimum atomic E-state index is -1.20. The number of hydrogen-bond acceptors (Lipinski definition) is 5. The molecule has 0 fully saturated rings. The molecule has 0 atom stereocenters. The highest BCUT2D eigenvalue weighted by molar-refractivity contribution is 6.00. The second kappa shape index (κ2) is 7.62. The van der Waals surface area contributed by atoms with Crippen LogP contribution in [0.1, 0.15) is 37.0 Å². The number of carboxylic acids is 1. The summed E-state index contributed by atoms with van der Waals surface area (Å²) in [4.78, 5) is 38.9. The fourth-order valence-electron chi connectivity index (χ4n) is 2.26. The van der Waals surface area contributed by atoms with Gasteiger partial charge in [0.25, 0.3) is 5.91 Å². The van der Waals surface area contributed by atoms with Gasteiger partial charge >= 0.3 is 5.97 Å². The molecule has 2 aromatic heterocycles. The molecule has 130 valence electrons. The van der Waals surface area contributed by atoms with Gasteiger partial charge in [0.05, 0.1) is 6.61 Å². The SMILES string of the molecule is CCC(CC)COc1cc(=O)c(C(=O)NCC(=O)O)c2nc[nH]n12. The van der Waals surface area contributed by atoms with Crippen molar-refractivity contribution in [3.63, 3.8) is 0 Å². The Kier molecular flexibility index (Phi) is 5.56. The summed E-state index contributed by atoms with van der Waals surface area (Å²) in [6, 6.07) is 1.20. The Labute approximate surface area is 137 Å². The molecular formula is C15H20N4O5.